The van der Waals surface area contributed by atoms with Gasteiger partial charge in [0.2, 0.25) is 0 Å². The summed E-state index contributed by atoms with van der Waals surface area (Å²) in [5, 5.41) is 6.12. The van der Waals surface area contributed by atoms with Crippen LogP contribution in [-0.2, 0) is 4.74 Å². The third kappa shape index (κ3) is 4.84. The molecule has 0 aliphatic rings. The molecule has 0 aliphatic heterocycles. The van der Waals surface area contributed by atoms with Gasteiger partial charge in [-0.25, -0.2) is 4.79 Å². The number of thiophene rings is 1. The van der Waals surface area contributed by atoms with Gasteiger partial charge in [-0.2, -0.15) is 0 Å². The van der Waals surface area contributed by atoms with Gasteiger partial charge in [0.15, 0.2) is 0 Å². The first-order valence-electron chi connectivity index (χ1n) is 10.0. The Balaban J connectivity index is 1.74. The van der Waals surface area contributed by atoms with E-state index in [0.717, 1.165) is 16.5 Å². The Morgan fingerprint density at radius 2 is 1.58 bits per heavy atom. The monoisotopic (exact) mass is 429 g/mol. The van der Waals surface area contributed by atoms with Crippen LogP contribution < -0.4 is 5.32 Å². The fourth-order valence-electron chi connectivity index (χ4n) is 3.27. The highest BCUT2D eigenvalue weighted by atomic mass is 32.1. The van der Waals surface area contributed by atoms with Gasteiger partial charge in [0.25, 0.3) is 5.91 Å². The minimum Gasteiger partial charge on any atom is -0.456 e. The molecule has 0 aliphatic carbocycles. The van der Waals surface area contributed by atoms with E-state index in [4.69, 9.17) is 4.74 Å². The summed E-state index contributed by atoms with van der Waals surface area (Å²) in [7, 11) is 0. The second-order valence-electron chi connectivity index (χ2n) is 8.26. The van der Waals surface area contributed by atoms with E-state index >= 15 is 0 Å². The van der Waals surface area contributed by atoms with Crippen molar-refractivity contribution < 1.29 is 14.3 Å². The Kier molecular flexibility index (Phi) is 5.61. The van der Waals surface area contributed by atoms with Gasteiger partial charge in [0, 0.05) is 10.3 Å². The first-order chi connectivity index (χ1) is 14.8. The molecule has 4 nitrogen and oxygen atoms in total. The molecule has 0 unspecified atom stereocenters. The lowest BCUT2D eigenvalue weighted by atomic mass is 10.0. The van der Waals surface area contributed by atoms with E-state index in [9.17, 15) is 9.59 Å². The number of nitrogens with one attached hydrogen (secondary N) is 1. The molecule has 0 radical (unpaired) electrons. The minimum absolute atomic E-state index is 0.282. The van der Waals surface area contributed by atoms with Crippen LogP contribution in [0.3, 0.4) is 0 Å². The molecular formula is C26H23NO3S. The first-order valence-corrected chi connectivity index (χ1v) is 10.9. The lowest BCUT2D eigenvalue weighted by molar-refractivity contribution is 0.00708. The number of benzene rings is 3. The lowest BCUT2D eigenvalue weighted by Gasteiger charge is -2.21. The van der Waals surface area contributed by atoms with Crippen LogP contribution in [0.5, 0.6) is 0 Å². The van der Waals surface area contributed by atoms with Crippen molar-refractivity contribution in [2.24, 2.45) is 0 Å². The zero-order valence-electron chi connectivity index (χ0n) is 17.6. The Bertz CT molecular complexity index is 1250. The molecule has 156 valence electrons. The van der Waals surface area contributed by atoms with Crippen molar-refractivity contribution in [1.82, 2.24) is 0 Å². The predicted molar refractivity (Wildman–Crippen MR) is 127 cm³/mol. The highest BCUT2D eigenvalue weighted by Crippen LogP contribution is 2.31. The normalized spacial score (nSPS) is 11.3. The summed E-state index contributed by atoms with van der Waals surface area (Å²) in [6.07, 6.45) is 0. The molecule has 1 aromatic heterocycles. The third-order valence-corrected chi connectivity index (χ3v) is 5.61. The zero-order chi connectivity index (χ0) is 22.0. The summed E-state index contributed by atoms with van der Waals surface area (Å²) in [5.74, 6) is -0.758. The van der Waals surface area contributed by atoms with Crippen molar-refractivity contribution in [1.29, 1.82) is 0 Å². The Morgan fingerprint density at radius 3 is 2.32 bits per heavy atom. The molecule has 4 aromatic rings. The number of carbonyl (C=O) groups excluding carboxylic acids is 2. The molecule has 0 bridgehead atoms. The van der Waals surface area contributed by atoms with E-state index < -0.39 is 11.6 Å². The molecule has 1 heterocycles. The summed E-state index contributed by atoms with van der Waals surface area (Å²) in [6, 6.07) is 22.7. The van der Waals surface area contributed by atoms with Gasteiger partial charge in [0.1, 0.15) is 5.60 Å². The molecular weight excluding hydrogens is 406 g/mol. The molecule has 1 N–H and O–H groups in total. The lowest BCUT2D eigenvalue weighted by Crippen LogP contribution is -2.25. The van der Waals surface area contributed by atoms with Crippen molar-refractivity contribution in [3.8, 4) is 11.1 Å². The van der Waals surface area contributed by atoms with Crippen LogP contribution in [0.4, 0.5) is 5.69 Å². The number of anilines is 1. The van der Waals surface area contributed by atoms with Crippen molar-refractivity contribution >= 4 is 39.0 Å². The van der Waals surface area contributed by atoms with Gasteiger partial charge in [0.05, 0.1) is 11.3 Å². The van der Waals surface area contributed by atoms with E-state index in [1.165, 1.54) is 4.70 Å². The molecule has 0 saturated heterocycles. The minimum atomic E-state index is -0.638. The van der Waals surface area contributed by atoms with Crippen LogP contribution in [-0.4, -0.2) is 17.5 Å². The summed E-state index contributed by atoms with van der Waals surface area (Å²) in [5.41, 5.74) is 2.54. The summed E-state index contributed by atoms with van der Waals surface area (Å²) >= 11 is 1.69. The van der Waals surface area contributed by atoms with Crippen LogP contribution in [0.15, 0.2) is 78.2 Å². The number of esters is 1. The molecule has 31 heavy (non-hydrogen) atoms. The molecule has 0 fully saturated rings. The molecule has 1 amide bonds. The molecule has 0 spiro atoms. The molecule has 4 rings (SSSR count). The number of ether oxygens (including phenoxy) is 1. The molecule has 5 heteroatoms. The van der Waals surface area contributed by atoms with Gasteiger partial charge in [-0.3, -0.25) is 4.79 Å². The van der Waals surface area contributed by atoms with Crippen LogP contribution >= 0.6 is 11.3 Å². The maximum atomic E-state index is 12.8. The third-order valence-electron chi connectivity index (χ3n) is 4.71. The van der Waals surface area contributed by atoms with Gasteiger partial charge < -0.3 is 10.1 Å². The van der Waals surface area contributed by atoms with Crippen LogP contribution in [0.2, 0.25) is 0 Å². The number of carbonyl (C=O) groups is 2. The highest BCUT2D eigenvalue weighted by Gasteiger charge is 2.22. The predicted octanol–water partition coefficient (Wildman–Crippen LogP) is 6.78. The van der Waals surface area contributed by atoms with Gasteiger partial charge >= 0.3 is 5.97 Å². The number of hydrogen-bond acceptors (Lipinski definition) is 4. The summed E-state index contributed by atoms with van der Waals surface area (Å²) < 4.78 is 6.77. The number of rotatable bonds is 4. The fourth-order valence-corrected chi connectivity index (χ4v) is 4.04. The molecule has 0 atom stereocenters. The number of hydrogen-bond donors (Lipinski definition) is 1. The van der Waals surface area contributed by atoms with Crippen molar-refractivity contribution in [3.63, 3.8) is 0 Å². The number of amides is 1. The molecule has 0 saturated carbocycles. The van der Waals surface area contributed by atoms with E-state index in [1.54, 1.807) is 41.7 Å². The average molecular weight is 430 g/mol. The van der Waals surface area contributed by atoms with E-state index in [0.29, 0.717) is 16.8 Å². The standard InChI is InChI=1S/C26H23NO3S/c1-26(2,3)30-25(29)21-11-9-19(18-10-12-23-20(15-18)13-14-31-23)16-22(21)27-24(28)17-7-5-4-6-8-17/h4-16H,1-3H3,(H,27,28). The van der Waals surface area contributed by atoms with Crippen LogP contribution in [0.1, 0.15) is 41.5 Å². The second kappa shape index (κ2) is 8.36. The van der Waals surface area contributed by atoms with Crippen molar-refractivity contribution in [2.45, 2.75) is 26.4 Å². The molecule has 3 aromatic carbocycles. The van der Waals surface area contributed by atoms with Gasteiger partial charge in [-0.05, 0) is 85.1 Å². The maximum Gasteiger partial charge on any atom is 0.340 e. The Hall–Kier alpha value is -3.44. The van der Waals surface area contributed by atoms with Crippen molar-refractivity contribution in [2.75, 3.05) is 5.32 Å². The van der Waals surface area contributed by atoms with E-state index in [2.05, 4.69) is 28.9 Å². The van der Waals surface area contributed by atoms with Gasteiger partial charge in [-0.1, -0.05) is 30.3 Å². The summed E-state index contributed by atoms with van der Waals surface area (Å²) in [6.45, 7) is 5.45. The topological polar surface area (TPSA) is 55.4 Å². The number of fused-ring (bicyclic) bond motifs is 1. The average Bonchev–Trinajstić information content (AvgIpc) is 3.21. The van der Waals surface area contributed by atoms with Crippen LogP contribution in [0, 0.1) is 0 Å². The fraction of sp³-hybridized carbons (Fsp3) is 0.154. The van der Waals surface area contributed by atoms with Crippen molar-refractivity contribution in [3.05, 3.63) is 89.3 Å². The first kappa shape index (κ1) is 20.8. The SMILES string of the molecule is CC(C)(C)OC(=O)c1ccc(-c2ccc3sccc3c2)cc1NC(=O)c1ccccc1. The van der Waals surface area contributed by atoms with E-state index in [-0.39, 0.29) is 5.91 Å². The van der Waals surface area contributed by atoms with E-state index in [1.807, 2.05) is 45.0 Å². The highest BCUT2D eigenvalue weighted by molar-refractivity contribution is 7.17. The quantitative estimate of drug-likeness (QED) is 0.364. The van der Waals surface area contributed by atoms with Gasteiger partial charge in [-0.15, -0.1) is 11.3 Å². The smallest absolute Gasteiger partial charge is 0.340 e. The summed E-state index contributed by atoms with van der Waals surface area (Å²) in [4.78, 5) is 25.6. The largest absolute Gasteiger partial charge is 0.456 e. The zero-order valence-corrected chi connectivity index (χ0v) is 18.5. The Labute approximate surface area is 185 Å². The maximum absolute atomic E-state index is 12.8. The second-order valence-corrected chi connectivity index (χ2v) is 9.20. The van der Waals surface area contributed by atoms with Crippen LogP contribution in [0.25, 0.3) is 21.2 Å². The Morgan fingerprint density at radius 1 is 0.871 bits per heavy atom.